The lowest BCUT2D eigenvalue weighted by molar-refractivity contribution is -0.165. The number of aliphatic hydroxyl groups excluding tert-OH is 1. The van der Waals surface area contributed by atoms with E-state index in [9.17, 15) is 14.7 Å². The summed E-state index contributed by atoms with van der Waals surface area (Å²) >= 11 is 0. The van der Waals surface area contributed by atoms with Gasteiger partial charge in [0.05, 0.1) is 6.10 Å². The number of ketones is 1. The Balaban J connectivity index is 1.33. The highest BCUT2D eigenvalue weighted by Crippen LogP contribution is 2.66. The third-order valence-electron chi connectivity index (χ3n) is 12.0. The molecule has 0 spiro atoms. The van der Waals surface area contributed by atoms with E-state index in [4.69, 9.17) is 4.74 Å². The number of carbonyl (C=O) groups is 2. The molecule has 0 aromatic heterocycles. The predicted molar refractivity (Wildman–Crippen MR) is 129 cm³/mol. The molecule has 6 atom stereocenters. The van der Waals surface area contributed by atoms with Crippen LogP contribution in [0.25, 0.3) is 0 Å². The van der Waals surface area contributed by atoms with Crippen LogP contribution in [0.1, 0.15) is 90.9 Å². The molecule has 0 heterocycles. The topological polar surface area (TPSA) is 63.6 Å². The first-order chi connectivity index (χ1) is 16.2. The van der Waals surface area contributed by atoms with Crippen molar-refractivity contribution in [1.29, 1.82) is 0 Å². The van der Waals surface area contributed by atoms with Crippen molar-refractivity contribution in [2.24, 2.45) is 46.3 Å². The SMILES string of the molecule is CC(=O)O[C@]12C=C(C34CC5CC(CC(C5)C3)C4)C(=O)C=C1CC[C@H]1[C@@H]3CC[C@H](O)[C@@]3(C)CC[C@@H]12. The molecule has 0 aliphatic heterocycles. The van der Waals surface area contributed by atoms with Gasteiger partial charge in [-0.05, 0) is 135 Å². The fourth-order valence-electron chi connectivity index (χ4n) is 11.1. The second kappa shape index (κ2) is 7.08. The molecule has 0 aromatic carbocycles. The van der Waals surface area contributed by atoms with Gasteiger partial charge in [0.1, 0.15) is 0 Å². The summed E-state index contributed by atoms with van der Waals surface area (Å²) in [6.07, 6.45) is 17.2. The first-order valence-corrected chi connectivity index (χ1v) is 14.1. The minimum Gasteiger partial charge on any atom is -0.450 e. The molecule has 7 fully saturated rings. The Morgan fingerprint density at radius 3 is 2.32 bits per heavy atom. The van der Waals surface area contributed by atoms with E-state index in [0.29, 0.717) is 11.8 Å². The van der Waals surface area contributed by atoms with Gasteiger partial charge in [0, 0.05) is 18.4 Å². The van der Waals surface area contributed by atoms with Crippen molar-refractivity contribution in [3.63, 3.8) is 0 Å². The Bertz CT molecular complexity index is 970. The molecule has 1 N–H and O–H groups in total. The van der Waals surface area contributed by atoms with Crippen molar-refractivity contribution >= 4 is 11.8 Å². The van der Waals surface area contributed by atoms with E-state index >= 15 is 0 Å². The molecule has 0 radical (unpaired) electrons. The average molecular weight is 465 g/mol. The summed E-state index contributed by atoms with van der Waals surface area (Å²) in [5.74, 6) is 3.41. The Kier molecular flexibility index (Phi) is 4.55. The van der Waals surface area contributed by atoms with Gasteiger partial charge in [0.2, 0.25) is 0 Å². The fourth-order valence-corrected chi connectivity index (χ4v) is 11.1. The second-order valence-corrected chi connectivity index (χ2v) is 13.7. The number of esters is 1. The molecule has 4 heteroatoms. The van der Waals surface area contributed by atoms with Crippen LogP contribution in [0, 0.1) is 46.3 Å². The van der Waals surface area contributed by atoms with E-state index < -0.39 is 5.60 Å². The molecular formula is C30H40O4. The van der Waals surface area contributed by atoms with Gasteiger partial charge in [0.15, 0.2) is 11.4 Å². The fraction of sp³-hybridized carbons (Fsp3) is 0.800. The first kappa shape index (κ1) is 21.8. The van der Waals surface area contributed by atoms with Gasteiger partial charge >= 0.3 is 5.97 Å². The Morgan fingerprint density at radius 1 is 1.00 bits per heavy atom. The minimum absolute atomic E-state index is 0.000685. The van der Waals surface area contributed by atoms with Crippen LogP contribution in [-0.4, -0.2) is 28.6 Å². The number of ether oxygens (including phenoxy) is 1. The van der Waals surface area contributed by atoms with Gasteiger partial charge in [-0.25, -0.2) is 0 Å². The van der Waals surface area contributed by atoms with Gasteiger partial charge < -0.3 is 9.84 Å². The third kappa shape index (κ3) is 2.81. The molecule has 8 rings (SSSR count). The lowest BCUT2D eigenvalue weighted by Crippen LogP contribution is -2.57. The van der Waals surface area contributed by atoms with Crippen molar-refractivity contribution in [2.45, 2.75) is 103 Å². The molecule has 8 aliphatic rings. The molecule has 0 amide bonds. The monoisotopic (exact) mass is 464 g/mol. The maximum atomic E-state index is 13.7. The van der Waals surface area contributed by atoms with Crippen LogP contribution in [-0.2, 0) is 14.3 Å². The predicted octanol–water partition coefficient (Wildman–Crippen LogP) is 5.54. The van der Waals surface area contributed by atoms with E-state index in [1.54, 1.807) is 0 Å². The van der Waals surface area contributed by atoms with Crippen molar-refractivity contribution in [2.75, 3.05) is 0 Å². The number of hydrogen-bond acceptors (Lipinski definition) is 4. The molecule has 184 valence electrons. The second-order valence-electron chi connectivity index (χ2n) is 13.7. The van der Waals surface area contributed by atoms with Gasteiger partial charge in [0.25, 0.3) is 0 Å². The zero-order valence-corrected chi connectivity index (χ0v) is 20.9. The summed E-state index contributed by atoms with van der Waals surface area (Å²) in [4.78, 5) is 26.3. The molecule has 0 unspecified atom stereocenters. The molecule has 4 nitrogen and oxygen atoms in total. The summed E-state index contributed by atoms with van der Waals surface area (Å²) in [7, 11) is 0. The van der Waals surface area contributed by atoms with Crippen LogP contribution >= 0.6 is 0 Å². The molecule has 4 bridgehead atoms. The summed E-state index contributed by atoms with van der Waals surface area (Å²) in [5, 5.41) is 10.8. The molecule has 0 aromatic rings. The van der Waals surface area contributed by atoms with Gasteiger partial charge in [-0.2, -0.15) is 0 Å². The van der Waals surface area contributed by atoms with E-state index in [0.717, 1.165) is 86.7 Å². The molecule has 8 aliphatic carbocycles. The number of carbonyl (C=O) groups excluding carboxylic acids is 2. The van der Waals surface area contributed by atoms with Crippen LogP contribution in [0.5, 0.6) is 0 Å². The number of hydrogen-bond donors (Lipinski definition) is 1. The Morgan fingerprint density at radius 2 is 1.68 bits per heavy atom. The van der Waals surface area contributed by atoms with Crippen LogP contribution in [0.2, 0.25) is 0 Å². The molecule has 7 saturated carbocycles. The van der Waals surface area contributed by atoms with E-state index in [-0.39, 0.29) is 34.6 Å². The zero-order valence-electron chi connectivity index (χ0n) is 20.9. The average Bonchev–Trinajstić information content (AvgIpc) is 3.07. The lowest BCUT2D eigenvalue weighted by atomic mass is 9.45. The number of aliphatic hydroxyl groups is 1. The minimum atomic E-state index is -0.754. The van der Waals surface area contributed by atoms with E-state index in [1.165, 1.54) is 26.2 Å². The van der Waals surface area contributed by atoms with Gasteiger partial charge in [-0.3, -0.25) is 9.59 Å². The standard InChI is InChI=1S/C30H40O4/c1-17(31)34-30-16-25(29-13-18-9-19(14-29)11-20(10-18)15-29)26(32)12-21(30)3-4-22-23-5-6-27(33)28(23,2)8-7-24(22)30/h12,16,18-20,22-24,27,33H,3-11,13-15H2,1-2H3/t18?,19?,20?,22-,23-,24-,27-,28-,29?,30+/m0/s1. The third-order valence-corrected chi connectivity index (χ3v) is 12.0. The summed E-state index contributed by atoms with van der Waals surface area (Å²) in [6.45, 7) is 3.83. The van der Waals surface area contributed by atoms with Crippen LogP contribution in [0.15, 0.2) is 23.3 Å². The molecule has 34 heavy (non-hydrogen) atoms. The van der Waals surface area contributed by atoms with E-state index in [2.05, 4.69) is 13.0 Å². The van der Waals surface area contributed by atoms with Crippen molar-refractivity contribution in [3.8, 4) is 0 Å². The highest BCUT2D eigenvalue weighted by molar-refractivity contribution is 6.07. The number of fused-ring (bicyclic) bond motifs is 5. The van der Waals surface area contributed by atoms with Crippen molar-refractivity contribution < 1.29 is 19.4 Å². The van der Waals surface area contributed by atoms with Crippen molar-refractivity contribution in [1.82, 2.24) is 0 Å². The normalized spacial score (nSPS) is 52.9. The Hall–Kier alpha value is -1.42. The largest absolute Gasteiger partial charge is 0.450 e. The molecule has 0 saturated heterocycles. The first-order valence-electron chi connectivity index (χ1n) is 14.1. The highest BCUT2D eigenvalue weighted by Gasteiger charge is 2.63. The lowest BCUT2D eigenvalue weighted by Gasteiger charge is -2.60. The maximum Gasteiger partial charge on any atom is 0.303 e. The van der Waals surface area contributed by atoms with Crippen LogP contribution in [0.3, 0.4) is 0 Å². The highest BCUT2D eigenvalue weighted by atomic mass is 16.6. The number of allylic oxidation sites excluding steroid dienone is 2. The smallest absolute Gasteiger partial charge is 0.303 e. The summed E-state index contributed by atoms with van der Waals surface area (Å²) in [6, 6.07) is 0. The maximum absolute atomic E-state index is 13.7. The van der Waals surface area contributed by atoms with Crippen LogP contribution in [0.4, 0.5) is 0 Å². The quantitative estimate of drug-likeness (QED) is 0.545. The number of rotatable bonds is 2. The zero-order chi connectivity index (χ0) is 23.5. The summed E-state index contributed by atoms with van der Waals surface area (Å²) in [5.41, 5.74) is 1.27. The molecular weight excluding hydrogens is 424 g/mol. The van der Waals surface area contributed by atoms with Gasteiger partial charge in [-0.1, -0.05) is 6.92 Å². The van der Waals surface area contributed by atoms with Crippen LogP contribution < -0.4 is 0 Å². The van der Waals surface area contributed by atoms with E-state index in [1.807, 2.05) is 6.08 Å². The Labute approximate surface area is 203 Å². The van der Waals surface area contributed by atoms with Crippen molar-refractivity contribution in [3.05, 3.63) is 23.3 Å². The van der Waals surface area contributed by atoms with Gasteiger partial charge in [-0.15, -0.1) is 0 Å². The summed E-state index contributed by atoms with van der Waals surface area (Å²) < 4.78 is 6.40.